The van der Waals surface area contributed by atoms with Crippen molar-refractivity contribution in [2.75, 3.05) is 6.54 Å². The number of unbranched alkanes of at least 4 members (excludes halogenated alkanes) is 1. The largest absolute Gasteiger partial charge is 0.356 e. The van der Waals surface area contributed by atoms with Gasteiger partial charge in [0, 0.05) is 19.4 Å². The highest BCUT2D eigenvalue weighted by Gasteiger charge is 1.99. The molecule has 0 saturated heterocycles. The van der Waals surface area contributed by atoms with Crippen LogP contribution in [0.3, 0.4) is 0 Å². The van der Waals surface area contributed by atoms with E-state index in [9.17, 15) is 4.79 Å². The summed E-state index contributed by atoms with van der Waals surface area (Å²) >= 11 is 0. The predicted molar refractivity (Wildman–Crippen MR) is 70.5 cm³/mol. The average molecular weight is 229 g/mol. The van der Waals surface area contributed by atoms with E-state index in [4.69, 9.17) is 0 Å². The van der Waals surface area contributed by atoms with Crippen LogP contribution in [0, 0.1) is 11.8 Å². The molecule has 2 nitrogen and oxygen atoms in total. The molecular formula is C15H19NO. The number of nitrogens with one attached hydrogen (secondary N) is 1. The van der Waals surface area contributed by atoms with E-state index >= 15 is 0 Å². The number of rotatable bonds is 6. The number of carbonyl (C=O) groups is 1. The maximum atomic E-state index is 11.4. The third-order valence-electron chi connectivity index (χ3n) is 2.46. The van der Waals surface area contributed by atoms with E-state index in [1.54, 1.807) is 0 Å². The van der Waals surface area contributed by atoms with Gasteiger partial charge in [0.15, 0.2) is 0 Å². The lowest BCUT2D eigenvalue weighted by molar-refractivity contribution is -0.121. The number of carbonyl (C=O) groups excluding carboxylic acids is 1. The zero-order valence-corrected chi connectivity index (χ0v) is 10.3. The minimum atomic E-state index is 0.124. The molecule has 1 amide bonds. The van der Waals surface area contributed by atoms with Crippen molar-refractivity contribution < 1.29 is 4.79 Å². The Labute approximate surface area is 103 Å². The third kappa shape index (κ3) is 6.42. The van der Waals surface area contributed by atoms with Gasteiger partial charge < -0.3 is 5.32 Å². The molecule has 0 fully saturated rings. The monoisotopic (exact) mass is 229 g/mol. The van der Waals surface area contributed by atoms with Gasteiger partial charge in [-0.1, -0.05) is 30.3 Å². The summed E-state index contributed by atoms with van der Waals surface area (Å²) in [6.07, 6.45) is 3.12. The Bertz CT molecular complexity index is 386. The Balaban J connectivity index is 2.09. The molecular weight excluding hydrogens is 210 g/mol. The summed E-state index contributed by atoms with van der Waals surface area (Å²) in [5.41, 5.74) is 1.25. The smallest absolute Gasteiger partial charge is 0.220 e. The van der Waals surface area contributed by atoms with E-state index < -0.39 is 0 Å². The van der Waals surface area contributed by atoms with Gasteiger partial charge in [0.1, 0.15) is 0 Å². The molecule has 0 atom stereocenters. The number of hydrogen-bond acceptors (Lipinski definition) is 1. The second kappa shape index (κ2) is 8.41. The number of amides is 1. The highest BCUT2D eigenvalue weighted by atomic mass is 16.1. The van der Waals surface area contributed by atoms with Crippen LogP contribution in [0.25, 0.3) is 0 Å². The van der Waals surface area contributed by atoms with Gasteiger partial charge in [-0.2, -0.15) is 0 Å². The fraction of sp³-hybridized carbons (Fsp3) is 0.400. The molecule has 0 saturated carbocycles. The van der Waals surface area contributed by atoms with E-state index in [0.29, 0.717) is 13.0 Å². The Morgan fingerprint density at radius 2 is 2.06 bits per heavy atom. The first-order chi connectivity index (χ1) is 8.33. The van der Waals surface area contributed by atoms with Crippen LogP contribution in [0.15, 0.2) is 30.3 Å². The lowest BCUT2D eigenvalue weighted by Crippen LogP contribution is -2.25. The first-order valence-electron chi connectivity index (χ1n) is 6.03. The molecule has 0 radical (unpaired) electrons. The van der Waals surface area contributed by atoms with Crippen molar-refractivity contribution in [2.45, 2.75) is 32.6 Å². The average Bonchev–Trinajstić information content (AvgIpc) is 2.36. The normalized spacial score (nSPS) is 9.24. The van der Waals surface area contributed by atoms with Gasteiger partial charge >= 0.3 is 0 Å². The van der Waals surface area contributed by atoms with E-state index in [-0.39, 0.29) is 5.91 Å². The molecule has 0 aliphatic carbocycles. The number of benzene rings is 1. The van der Waals surface area contributed by atoms with Crippen molar-refractivity contribution in [1.82, 2.24) is 5.32 Å². The van der Waals surface area contributed by atoms with Crippen LogP contribution < -0.4 is 5.32 Å². The van der Waals surface area contributed by atoms with Gasteiger partial charge in [-0.3, -0.25) is 4.79 Å². The Hall–Kier alpha value is -1.75. The third-order valence-corrected chi connectivity index (χ3v) is 2.46. The minimum Gasteiger partial charge on any atom is -0.356 e. The molecule has 0 aliphatic heterocycles. The van der Waals surface area contributed by atoms with Crippen LogP contribution in [0.5, 0.6) is 0 Å². The summed E-state index contributed by atoms with van der Waals surface area (Å²) in [6.45, 7) is 2.53. The van der Waals surface area contributed by atoms with Crippen LogP contribution in [-0.2, 0) is 11.2 Å². The van der Waals surface area contributed by atoms with Crippen molar-refractivity contribution in [3.63, 3.8) is 0 Å². The van der Waals surface area contributed by atoms with Crippen LogP contribution in [0.4, 0.5) is 0 Å². The van der Waals surface area contributed by atoms with Crippen molar-refractivity contribution in [3.05, 3.63) is 35.9 Å². The molecule has 1 aromatic rings. The highest BCUT2D eigenvalue weighted by Crippen LogP contribution is 1.99. The summed E-state index contributed by atoms with van der Waals surface area (Å²) in [5.74, 6) is 5.90. The zero-order valence-electron chi connectivity index (χ0n) is 10.3. The first kappa shape index (κ1) is 13.3. The molecule has 1 rings (SSSR count). The maximum Gasteiger partial charge on any atom is 0.220 e. The van der Waals surface area contributed by atoms with Crippen molar-refractivity contribution >= 4 is 5.91 Å². The molecule has 90 valence electrons. The summed E-state index contributed by atoms with van der Waals surface area (Å²) in [6, 6.07) is 10.2. The fourth-order valence-electron chi connectivity index (χ4n) is 1.54. The van der Waals surface area contributed by atoms with Crippen LogP contribution >= 0.6 is 0 Å². The maximum absolute atomic E-state index is 11.4. The van der Waals surface area contributed by atoms with Gasteiger partial charge in [-0.15, -0.1) is 11.8 Å². The Morgan fingerprint density at radius 1 is 1.29 bits per heavy atom. The summed E-state index contributed by atoms with van der Waals surface area (Å²) < 4.78 is 0. The molecule has 17 heavy (non-hydrogen) atoms. The van der Waals surface area contributed by atoms with Crippen molar-refractivity contribution in [1.29, 1.82) is 0 Å². The van der Waals surface area contributed by atoms with Gasteiger partial charge in [-0.05, 0) is 25.3 Å². The zero-order chi connectivity index (χ0) is 12.3. The second-order valence-corrected chi connectivity index (χ2v) is 3.87. The molecule has 0 spiro atoms. The SMILES string of the molecule is CC#CCCCC(=O)NCCc1ccccc1. The van der Waals surface area contributed by atoms with Gasteiger partial charge in [0.05, 0.1) is 0 Å². The van der Waals surface area contributed by atoms with Crippen molar-refractivity contribution in [2.24, 2.45) is 0 Å². The van der Waals surface area contributed by atoms with Crippen molar-refractivity contribution in [3.8, 4) is 11.8 Å². The van der Waals surface area contributed by atoms with Gasteiger partial charge in [0.25, 0.3) is 0 Å². The minimum absolute atomic E-state index is 0.124. The standard InChI is InChI=1S/C15H19NO/c1-2-3-4-8-11-15(17)16-13-12-14-9-6-5-7-10-14/h5-7,9-10H,4,8,11-13H2,1H3,(H,16,17). The van der Waals surface area contributed by atoms with E-state index in [1.807, 2.05) is 25.1 Å². The highest BCUT2D eigenvalue weighted by molar-refractivity contribution is 5.75. The topological polar surface area (TPSA) is 29.1 Å². The van der Waals surface area contributed by atoms with E-state index in [2.05, 4.69) is 29.3 Å². The molecule has 1 N–H and O–H groups in total. The lowest BCUT2D eigenvalue weighted by Gasteiger charge is -2.04. The lowest BCUT2D eigenvalue weighted by atomic mass is 10.1. The molecule has 0 aromatic heterocycles. The Morgan fingerprint density at radius 3 is 2.76 bits per heavy atom. The quantitative estimate of drug-likeness (QED) is 0.589. The van der Waals surface area contributed by atoms with Crippen LogP contribution in [-0.4, -0.2) is 12.5 Å². The van der Waals surface area contributed by atoms with Crippen LogP contribution in [0.2, 0.25) is 0 Å². The van der Waals surface area contributed by atoms with E-state index in [1.165, 1.54) is 5.56 Å². The fourth-order valence-corrected chi connectivity index (χ4v) is 1.54. The predicted octanol–water partition coefficient (Wildman–Crippen LogP) is 2.54. The summed E-state index contributed by atoms with van der Waals surface area (Å²) in [7, 11) is 0. The van der Waals surface area contributed by atoms with Gasteiger partial charge in [0.2, 0.25) is 5.91 Å². The molecule has 0 heterocycles. The molecule has 0 bridgehead atoms. The second-order valence-electron chi connectivity index (χ2n) is 3.87. The van der Waals surface area contributed by atoms with Gasteiger partial charge in [-0.25, -0.2) is 0 Å². The first-order valence-corrected chi connectivity index (χ1v) is 6.03. The molecule has 0 aliphatic rings. The molecule has 0 unspecified atom stereocenters. The summed E-state index contributed by atoms with van der Waals surface area (Å²) in [4.78, 5) is 11.4. The Kier molecular flexibility index (Phi) is 6.59. The number of hydrogen-bond donors (Lipinski definition) is 1. The molecule has 1 aromatic carbocycles. The van der Waals surface area contributed by atoms with E-state index in [0.717, 1.165) is 19.3 Å². The van der Waals surface area contributed by atoms with Crippen LogP contribution in [0.1, 0.15) is 31.7 Å². The molecule has 2 heteroatoms. The summed E-state index contributed by atoms with van der Waals surface area (Å²) in [5, 5.41) is 2.92.